The lowest BCUT2D eigenvalue weighted by Crippen LogP contribution is -2.04. The van der Waals surface area contributed by atoms with Gasteiger partial charge in [0.25, 0.3) is 0 Å². The van der Waals surface area contributed by atoms with E-state index in [2.05, 4.69) is 17.3 Å². The molecule has 1 N–H and O–H groups in total. The maximum atomic E-state index is 12.4. The van der Waals surface area contributed by atoms with Crippen LogP contribution >= 0.6 is 0 Å². The van der Waals surface area contributed by atoms with Crippen molar-refractivity contribution in [2.75, 3.05) is 5.32 Å². The van der Waals surface area contributed by atoms with Crippen molar-refractivity contribution in [3.8, 4) is 12.0 Å². The zero-order chi connectivity index (χ0) is 14.4. The van der Waals surface area contributed by atoms with E-state index in [9.17, 15) is 13.2 Å². The summed E-state index contributed by atoms with van der Waals surface area (Å²) in [5.41, 5.74) is 0.990. The van der Waals surface area contributed by atoms with Crippen LogP contribution < -0.4 is 5.32 Å². The van der Waals surface area contributed by atoms with Gasteiger partial charge in [-0.2, -0.15) is 13.2 Å². The Hall–Kier alpha value is -2.41. The monoisotopic (exact) mass is 275 g/mol. The van der Waals surface area contributed by atoms with Gasteiger partial charge in [-0.15, -0.1) is 0 Å². The second kappa shape index (κ2) is 6.16. The molecule has 0 aromatic heterocycles. The second-order valence-electron chi connectivity index (χ2n) is 4.16. The third-order valence-electron chi connectivity index (χ3n) is 2.64. The molecule has 0 unspecified atom stereocenters. The van der Waals surface area contributed by atoms with Crippen LogP contribution in [0, 0.1) is 12.0 Å². The van der Waals surface area contributed by atoms with Gasteiger partial charge < -0.3 is 5.32 Å². The molecule has 0 heterocycles. The number of anilines is 1. The number of halogens is 3. The highest BCUT2D eigenvalue weighted by Crippen LogP contribution is 2.29. The fraction of sp³-hybridized carbons (Fsp3) is 0.125. The fourth-order valence-electron chi connectivity index (χ4n) is 1.60. The van der Waals surface area contributed by atoms with Crippen molar-refractivity contribution >= 4 is 5.69 Å². The Balaban J connectivity index is 1.92. The standard InChI is InChI=1S/C16H12F3N/c17-16(18,19)14-10-8-13(9-11-14)5-4-12-20-15-6-2-1-3-7-15/h1-3,6-11,20H,5H2. The van der Waals surface area contributed by atoms with Crippen molar-refractivity contribution in [1.29, 1.82) is 0 Å². The number of rotatable bonds is 2. The van der Waals surface area contributed by atoms with Gasteiger partial charge in [-0.1, -0.05) is 36.3 Å². The molecule has 4 heteroatoms. The van der Waals surface area contributed by atoms with Crippen LogP contribution in [0.25, 0.3) is 0 Å². The molecule has 2 aromatic carbocycles. The number of nitrogens with one attached hydrogen (secondary N) is 1. The lowest BCUT2D eigenvalue weighted by atomic mass is 10.1. The first-order valence-electron chi connectivity index (χ1n) is 6.01. The van der Waals surface area contributed by atoms with Gasteiger partial charge in [0.1, 0.15) is 0 Å². The Labute approximate surface area is 115 Å². The smallest absolute Gasteiger partial charge is 0.315 e. The van der Waals surface area contributed by atoms with E-state index in [0.29, 0.717) is 6.42 Å². The summed E-state index contributed by atoms with van der Waals surface area (Å²) >= 11 is 0. The van der Waals surface area contributed by atoms with Crippen LogP contribution in [0.3, 0.4) is 0 Å². The predicted molar refractivity (Wildman–Crippen MR) is 73.0 cm³/mol. The van der Waals surface area contributed by atoms with Crippen LogP contribution in [0.4, 0.5) is 18.9 Å². The van der Waals surface area contributed by atoms with Crippen molar-refractivity contribution in [3.63, 3.8) is 0 Å². The minimum Gasteiger partial charge on any atom is -0.315 e. The fourth-order valence-corrected chi connectivity index (χ4v) is 1.60. The van der Waals surface area contributed by atoms with E-state index in [1.807, 2.05) is 30.3 Å². The molecule has 2 aromatic rings. The maximum absolute atomic E-state index is 12.4. The van der Waals surface area contributed by atoms with Crippen LogP contribution in [-0.2, 0) is 12.6 Å². The van der Waals surface area contributed by atoms with Gasteiger partial charge in [-0.25, -0.2) is 0 Å². The summed E-state index contributed by atoms with van der Waals surface area (Å²) in [4.78, 5) is 0. The highest BCUT2D eigenvalue weighted by atomic mass is 19.4. The summed E-state index contributed by atoms with van der Waals surface area (Å²) < 4.78 is 37.1. The quantitative estimate of drug-likeness (QED) is 0.635. The first-order valence-corrected chi connectivity index (χ1v) is 6.01. The molecule has 2 rings (SSSR count). The Bertz CT molecular complexity index is 604. The molecule has 0 bridgehead atoms. The zero-order valence-electron chi connectivity index (χ0n) is 10.5. The molecule has 0 aliphatic rings. The van der Waals surface area contributed by atoms with Gasteiger partial charge in [0.2, 0.25) is 0 Å². The summed E-state index contributed by atoms with van der Waals surface area (Å²) in [6.45, 7) is 0. The summed E-state index contributed by atoms with van der Waals surface area (Å²) in [6, 6.07) is 17.2. The van der Waals surface area contributed by atoms with E-state index in [-0.39, 0.29) is 0 Å². The van der Waals surface area contributed by atoms with Crippen molar-refractivity contribution in [2.24, 2.45) is 0 Å². The lowest BCUT2D eigenvalue weighted by molar-refractivity contribution is -0.137. The van der Waals surface area contributed by atoms with Crippen LogP contribution in [0.1, 0.15) is 11.1 Å². The van der Waals surface area contributed by atoms with Crippen molar-refractivity contribution in [3.05, 3.63) is 65.7 Å². The molecule has 0 aliphatic heterocycles. The topological polar surface area (TPSA) is 12.0 Å². The summed E-state index contributed by atoms with van der Waals surface area (Å²) in [5.74, 6) is 2.87. The Kier molecular flexibility index (Phi) is 4.31. The Morgan fingerprint density at radius 3 is 2.15 bits per heavy atom. The minimum atomic E-state index is -4.29. The van der Waals surface area contributed by atoms with Gasteiger partial charge in [0, 0.05) is 18.2 Å². The molecule has 0 atom stereocenters. The number of benzene rings is 2. The number of alkyl halides is 3. The third-order valence-corrected chi connectivity index (χ3v) is 2.64. The van der Waals surface area contributed by atoms with E-state index in [1.54, 1.807) is 0 Å². The van der Waals surface area contributed by atoms with Crippen LogP contribution in [0.15, 0.2) is 54.6 Å². The van der Waals surface area contributed by atoms with E-state index < -0.39 is 11.7 Å². The van der Waals surface area contributed by atoms with Gasteiger partial charge in [0.15, 0.2) is 0 Å². The van der Waals surface area contributed by atoms with Crippen LogP contribution in [0.2, 0.25) is 0 Å². The van der Waals surface area contributed by atoms with E-state index in [1.165, 1.54) is 12.1 Å². The molecule has 0 spiro atoms. The molecule has 0 radical (unpaired) electrons. The van der Waals surface area contributed by atoms with E-state index in [4.69, 9.17) is 0 Å². The van der Waals surface area contributed by atoms with Gasteiger partial charge in [-0.3, -0.25) is 0 Å². The molecule has 0 amide bonds. The maximum Gasteiger partial charge on any atom is 0.416 e. The number of para-hydroxylation sites is 1. The van der Waals surface area contributed by atoms with Crippen LogP contribution in [-0.4, -0.2) is 0 Å². The minimum absolute atomic E-state index is 0.401. The Morgan fingerprint density at radius 1 is 0.900 bits per heavy atom. The predicted octanol–water partition coefficient (Wildman–Crippen LogP) is 4.32. The molecular formula is C16H12F3N. The molecule has 0 saturated heterocycles. The molecule has 0 fully saturated rings. The normalized spacial score (nSPS) is 10.6. The largest absolute Gasteiger partial charge is 0.416 e. The van der Waals surface area contributed by atoms with Gasteiger partial charge in [0.05, 0.1) is 5.56 Å². The summed E-state index contributed by atoms with van der Waals surface area (Å²) in [5, 5.41) is 2.91. The third kappa shape index (κ3) is 4.06. The van der Waals surface area contributed by atoms with E-state index in [0.717, 1.165) is 23.4 Å². The molecule has 0 saturated carbocycles. The average Bonchev–Trinajstić information content (AvgIpc) is 2.44. The van der Waals surface area contributed by atoms with E-state index >= 15 is 0 Å². The number of hydrogen-bond acceptors (Lipinski definition) is 1. The highest BCUT2D eigenvalue weighted by molar-refractivity contribution is 5.47. The van der Waals surface area contributed by atoms with Crippen LogP contribution in [0.5, 0.6) is 0 Å². The highest BCUT2D eigenvalue weighted by Gasteiger charge is 2.29. The SMILES string of the molecule is FC(F)(F)c1ccc(CC#CNc2ccccc2)cc1. The first kappa shape index (κ1) is 14.0. The second-order valence-corrected chi connectivity index (χ2v) is 4.16. The van der Waals surface area contributed by atoms with Crippen molar-refractivity contribution < 1.29 is 13.2 Å². The summed E-state index contributed by atoms with van der Waals surface area (Å²) in [6.07, 6.45) is -3.89. The molecule has 102 valence electrons. The first-order chi connectivity index (χ1) is 9.55. The summed E-state index contributed by atoms with van der Waals surface area (Å²) in [7, 11) is 0. The number of hydrogen-bond donors (Lipinski definition) is 1. The van der Waals surface area contributed by atoms with Crippen molar-refractivity contribution in [2.45, 2.75) is 12.6 Å². The van der Waals surface area contributed by atoms with Gasteiger partial charge in [-0.05, 0) is 29.8 Å². The molecule has 20 heavy (non-hydrogen) atoms. The Morgan fingerprint density at radius 2 is 1.55 bits per heavy atom. The molecule has 1 nitrogen and oxygen atoms in total. The van der Waals surface area contributed by atoms with Gasteiger partial charge >= 0.3 is 6.18 Å². The zero-order valence-corrected chi connectivity index (χ0v) is 10.5. The van der Waals surface area contributed by atoms with Crippen molar-refractivity contribution in [1.82, 2.24) is 0 Å². The molecular weight excluding hydrogens is 263 g/mol. The molecule has 0 aliphatic carbocycles. The lowest BCUT2D eigenvalue weighted by Gasteiger charge is -2.06. The average molecular weight is 275 g/mol.